The number of carbonyl (C=O) groups is 1. The van der Waals surface area contributed by atoms with E-state index in [1.807, 2.05) is 6.07 Å². The Bertz CT molecular complexity index is 1540. The van der Waals surface area contributed by atoms with E-state index in [1.165, 1.54) is 21.3 Å². The first-order valence-electron chi connectivity index (χ1n) is 11.1. The van der Waals surface area contributed by atoms with Crippen LogP contribution in [0.1, 0.15) is 5.56 Å². The molecule has 10 nitrogen and oxygen atoms in total. The summed E-state index contributed by atoms with van der Waals surface area (Å²) in [6.45, 7) is 0.208. The minimum absolute atomic E-state index is 0.00611. The maximum absolute atomic E-state index is 13.6. The number of nitrogens with one attached hydrogen (secondary N) is 1. The van der Waals surface area contributed by atoms with Gasteiger partial charge in [-0.05, 0) is 48.5 Å². The average molecular weight is 592 g/mol. The molecule has 0 unspecified atom stereocenters. The van der Waals surface area contributed by atoms with Gasteiger partial charge in [0.25, 0.3) is 5.69 Å². The van der Waals surface area contributed by atoms with Crippen molar-refractivity contribution in [3.63, 3.8) is 0 Å². The zero-order valence-corrected chi connectivity index (χ0v) is 22.6. The number of benzene rings is 3. The summed E-state index contributed by atoms with van der Waals surface area (Å²) in [7, 11) is -4.16. The van der Waals surface area contributed by atoms with Crippen LogP contribution >= 0.6 is 35.0 Å². The number of rotatable bonds is 6. The second-order valence-electron chi connectivity index (χ2n) is 8.08. The van der Waals surface area contributed by atoms with Gasteiger partial charge in [-0.1, -0.05) is 35.0 Å². The van der Waals surface area contributed by atoms with E-state index in [0.29, 0.717) is 26.2 Å². The lowest BCUT2D eigenvalue weighted by Crippen LogP contribution is -2.51. The summed E-state index contributed by atoms with van der Waals surface area (Å²) in [6.07, 6.45) is 0. The molecule has 0 atom stereocenters. The van der Waals surface area contributed by atoms with Gasteiger partial charge in [-0.15, -0.1) is 0 Å². The van der Waals surface area contributed by atoms with Crippen molar-refractivity contribution in [3.8, 4) is 6.07 Å². The smallest absolute Gasteiger partial charge is 0.321 e. The standard InChI is InChI=1S/C24H19Cl2N5O5S2/c25-17-3-7-20(26)22(13-17)37-21-8-6-19(31(33)34)14-23(21)38(35,36)30-11-9-29(10-12-30)24(32)28-18-4-1-16(15-27)2-5-18/h1-8,13-14H,9-12H2,(H,28,32). The molecule has 0 aromatic heterocycles. The summed E-state index contributed by atoms with van der Waals surface area (Å²) in [5.74, 6) is 0. The van der Waals surface area contributed by atoms with Crippen molar-refractivity contribution in [1.29, 1.82) is 5.26 Å². The van der Waals surface area contributed by atoms with Crippen LogP contribution in [0.25, 0.3) is 0 Å². The zero-order valence-electron chi connectivity index (χ0n) is 19.5. The maximum atomic E-state index is 13.6. The van der Waals surface area contributed by atoms with Crippen LogP contribution in [0.4, 0.5) is 16.2 Å². The van der Waals surface area contributed by atoms with Gasteiger partial charge in [-0.2, -0.15) is 9.57 Å². The number of sulfonamides is 1. The number of anilines is 1. The van der Waals surface area contributed by atoms with Crippen LogP contribution in [0, 0.1) is 21.4 Å². The normalized spacial score (nSPS) is 14.1. The van der Waals surface area contributed by atoms with E-state index in [-0.39, 0.29) is 41.7 Å². The second-order valence-corrected chi connectivity index (χ2v) is 11.9. The molecule has 2 amide bonds. The topological polar surface area (TPSA) is 137 Å². The summed E-state index contributed by atoms with van der Waals surface area (Å²) in [4.78, 5) is 25.4. The quantitative estimate of drug-likeness (QED) is 0.296. The molecule has 3 aromatic carbocycles. The van der Waals surface area contributed by atoms with Crippen molar-refractivity contribution >= 4 is 62.4 Å². The summed E-state index contributed by atoms with van der Waals surface area (Å²) < 4.78 is 28.5. The number of amides is 2. The van der Waals surface area contributed by atoms with Crippen molar-refractivity contribution in [3.05, 3.63) is 86.4 Å². The van der Waals surface area contributed by atoms with E-state index in [9.17, 15) is 23.3 Å². The number of urea groups is 1. The first kappa shape index (κ1) is 27.7. The summed E-state index contributed by atoms with van der Waals surface area (Å²) in [5, 5.41) is 23.8. The van der Waals surface area contributed by atoms with Crippen LogP contribution in [0.5, 0.6) is 0 Å². The van der Waals surface area contributed by atoms with Gasteiger partial charge in [0.15, 0.2) is 0 Å². The molecule has 1 saturated heterocycles. The van der Waals surface area contributed by atoms with E-state index in [2.05, 4.69) is 5.32 Å². The highest BCUT2D eigenvalue weighted by atomic mass is 35.5. The van der Waals surface area contributed by atoms with E-state index >= 15 is 0 Å². The molecule has 0 aliphatic carbocycles. The minimum Gasteiger partial charge on any atom is -0.322 e. The molecule has 4 rings (SSSR count). The molecule has 1 heterocycles. The molecule has 1 aliphatic rings. The molecule has 0 bridgehead atoms. The van der Waals surface area contributed by atoms with Crippen LogP contribution in [-0.4, -0.2) is 54.8 Å². The highest BCUT2D eigenvalue weighted by Gasteiger charge is 2.33. The molecule has 1 fully saturated rings. The highest BCUT2D eigenvalue weighted by Crippen LogP contribution is 2.40. The first-order valence-corrected chi connectivity index (χ1v) is 14.1. The Balaban J connectivity index is 1.53. The predicted molar refractivity (Wildman–Crippen MR) is 144 cm³/mol. The van der Waals surface area contributed by atoms with Crippen LogP contribution in [-0.2, 0) is 10.0 Å². The Morgan fingerprint density at radius 2 is 1.68 bits per heavy atom. The predicted octanol–water partition coefficient (Wildman–Crippen LogP) is 5.46. The number of non-ortho nitro benzene ring substituents is 1. The Labute approximate surface area is 232 Å². The molecule has 0 saturated carbocycles. The molecule has 0 spiro atoms. The molecule has 3 aromatic rings. The molecule has 196 valence electrons. The van der Waals surface area contributed by atoms with Crippen LogP contribution in [0.3, 0.4) is 0 Å². The Morgan fingerprint density at radius 3 is 2.32 bits per heavy atom. The third-order valence-electron chi connectivity index (χ3n) is 5.66. The van der Waals surface area contributed by atoms with Gasteiger partial charge < -0.3 is 10.2 Å². The Morgan fingerprint density at radius 1 is 1.00 bits per heavy atom. The molecular formula is C24H19Cl2N5O5S2. The Kier molecular flexibility index (Phi) is 8.44. The maximum Gasteiger partial charge on any atom is 0.321 e. The highest BCUT2D eigenvalue weighted by molar-refractivity contribution is 8.00. The fourth-order valence-electron chi connectivity index (χ4n) is 3.67. The van der Waals surface area contributed by atoms with E-state index in [0.717, 1.165) is 17.8 Å². The number of hydrogen-bond donors (Lipinski definition) is 1. The molecule has 1 aliphatic heterocycles. The van der Waals surface area contributed by atoms with Crippen molar-refractivity contribution in [2.45, 2.75) is 14.7 Å². The third-order valence-corrected chi connectivity index (χ3v) is 9.54. The van der Waals surface area contributed by atoms with Crippen molar-refractivity contribution in [2.24, 2.45) is 0 Å². The third kappa shape index (κ3) is 6.20. The lowest BCUT2D eigenvalue weighted by Gasteiger charge is -2.34. The average Bonchev–Trinajstić information content (AvgIpc) is 2.91. The number of nitrogens with zero attached hydrogens (tertiary/aromatic N) is 4. The second kappa shape index (κ2) is 11.6. The van der Waals surface area contributed by atoms with Gasteiger partial charge in [0, 0.05) is 58.8 Å². The monoisotopic (exact) mass is 591 g/mol. The summed E-state index contributed by atoms with van der Waals surface area (Å²) in [5.41, 5.74) is 0.589. The number of nitro benzene ring substituents is 1. The number of carbonyl (C=O) groups excluding carboxylic acids is 1. The Hall–Kier alpha value is -3.34. The summed E-state index contributed by atoms with van der Waals surface area (Å²) in [6, 6.07) is 16.3. The fraction of sp³-hybridized carbons (Fsp3) is 0.167. The zero-order chi connectivity index (χ0) is 27.4. The van der Waals surface area contributed by atoms with Gasteiger partial charge in [0.05, 0.1) is 21.6 Å². The first-order chi connectivity index (χ1) is 18.1. The molecular weight excluding hydrogens is 573 g/mol. The van der Waals surface area contributed by atoms with Gasteiger partial charge in [-0.25, -0.2) is 13.2 Å². The lowest BCUT2D eigenvalue weighted by atomic mass is 10.2. The lowest BCUT2D eigenvalue weighted by molar-refractivity contribution is -0.385. The van der Waals surface area contributed by atoms with Crippen molar-refractivity contribution in [1.82, 2.24) is 9.21 Å². The molecule has 14 heteroatoms. The fourth-order valence-corrected chi connectivity index (χ4v) is 6.98. The van der Waals surface area contributed by atoms with Gasteiger partial charge in [-0.3, -0.25) is 10.1 Å². The largest absolute Gasteiger partial charge is 0.322 e. The van der Waals surface area contributed by atoms with Crippen LogP contribution < -0.4 is 5.32 Å². The number of nitro groups is 1. The van der Waals surface area contributed by atoms with Gasteiger partial charge >= 0.3 is 6.03 Å². The minimum atomic E-state index is -4.16. The van der Waals surface area contributed by atoms with E-state index in [1.54, 1.807) is 42.5 Å². The SMILES string of the molecule is N#Cc1ccc(NC(=O)N2CCN(S(=O)(=O)c3cc([N+](=O)[O-])ccc3Sc3cc(Cl)ccc3Cl)CC2)cc1. The number of piperazine rings is 1. The van der Waals surface area contributed by atoms with Crippen LogP contribution in [0.15, 0.2) is 75.4 Å². The molecule has 38 heavy (non-hydrogen) atoms. The van der Waals surface area contributed by atoms with Crippen LogP contribution in [0.2, 0.25) is 10.0 Å². The van der Waals surface area contributed by atoms with Gasteiger partial charge in [0.1, 0.15) is 4.90 Å². The van der Waals surface area contributed by atoms with Crippen molar-refractivity contribution in [2.75, 3.05) is 31.5 Å². The summed E-state index contributed by atoms with van der Waals surface area (Å²) >= 11 is 13.4. The van der Waals surface area contributed by atoms with E-state index in [4.69, 9.17) is 28.5 Å². The van der Waals surface area contributed by atoms with E-state index < -0.39 is 21.0 Å². The number of hydrogen-bond acceptors (Lipinski definition) is 7. The van der Waals surface area contributed by atoms with Gasteiger partial charge in [0.2, 0.25) is 10.0 Å². The number of nitriles is 1. The molecule has 0 radical (unpaired) electrons. The number of halogens is 2. The van der Waals surface area contributed by atoms with Crippen molar-refractivity contribution < 1.29 is 18.1 Å². The molecule has 1 N–H and O–H groups in total.